The van der Waals surface area contributed by atoms with Gasteiger partial charge in [0.05, 0.1) is 5.52 Å². The fraction of sp³-hybridized carbons (Fsp3) is 0.0769. The molecule has 0 aliphatic rings. The Hall–Kier alpha value is -1.23. The Kier molecular flexibility index (Phi) is 2.28. The highest BCUT2D eigenvalue weighted by molar-refractivity contribution is 14.1. The van der Waals surface area contributed by atoms with E-state index in [2.05, 4.69) is 69.8 Å². The minimum Gasteiger partial charge on any atom is -0.231 e. The molecule has 0 fully saturated rings. The van der Waals surface area contributed by atoms with E-state index in [4.69, 9.17) is 0 Å². The molecule has 0 amide bonds. The fourth-order valence-electron chi connectivity index (χ4n) is 2.04. The number of aryl methyl sites for hydroxylation is 1. The summed E-state index contributed by atoms with van der Waals surface area (Å²) >= 11 is 2.15. The zero-order valence-electron chi connectivity index (χ0n) is 8.74. The Morgan fingerprint density at radius 2 is 1.88 bits per heavy atom. The minimum absolute atomic E-state index is 0.791. The molecule has 3 aromatic rings. The summed E-state index contributed by atoms with van der Waals surface area (Å²) in [5.74, 6) is 0. The summed E-state index contributed by atoms with van der Waals surface area (Å²) < 4.78 is 0.791. The fourth-order valence-corrected chi connectivity index (χ4v) is 2.42. The van der Waals surface area contributed by atoms with Gasteiger partial charge < -0.3 is 0 Å². The van der Waals surface area contributed by atoms with Gasteiger partial charge in [-0.05, 0) is 23.9 Å². The molecule has 2 nitrogen and oxygen atoms in total. The normalized spacial score (nSPS) is 11.1. The Morgan fingerprint density at radius 3 is 2.69 bits per heavy atom. The summed E-state index contributed by atoms with van der Waals surface area (Å²) in [7, 11) is 0. The van der Waals surface area contributed by atoms with Gasteiger partial charge in [0.1, 0.15) is 0 Å². The molecule has 0 N–H and O–H groups in total. The van der Waals surface area contributed by atoms with Crippen molar-refractivity contribution in [3.8, 4) is 0 Å². The number of hydrogen-bond acceptors (Lipinski definition) is 2. The lowest BCUT2D eigenvalue weighted by Gasteiger charge is -2.06. The van der Waals surface area contributed by atoms with Crippen molar-refractivity contribution in [1.82, 2.24) is 9.97 Å². The number of hydrogen-bond donors (Lipinski definition) is 0. The van der Waals surface area contributed by atoms with E-state index in [0.29, 0.717) is 0 Å². The Labute approximate surface area is 107 Å². The van der Waals surface area contributed by atoms with Crippen LogP contribution in [0, 0.1) is 10.8 Å². The molecule has 16 heavy (non-hydrogen) atoms. The first-order valence-electron chi connectivity index (χ1n) is 5.06. The average Bonchev–Trinajstić information content (AvgIpc) is 2.31. The van der Waals surface area contributed by atoms with Crippen molar-refractivity contribution in [2.24, 2.45) is 0 Å². The molecule has 0 saturated carbocycles. The van der Waals surface area contributed by atoms with Crippen molar-refractivity contribution >= 4 is 44.3 Å². The van der Waals surface area contributed by atoms with E-state index in [9.17, 15) is 0 Å². The third kappa shape index (κ3) is 1.46. The molecule has 0 saturated heterocycles. The van der Waals surface area contributed by atoms with Crippen LogP contribution in [0.4, 0.5) is 0 Å². The highest BCUT2D eigenvalue weighted by Crippen LogP contribution is 2.26. The molecule has 0 aliphatic heterocycles. The van der Waals surface area contributed by atoms with E-state index < -0.39 is 0 Å². The van der Waals surface area contributed by atoms with E-state index in [1.807, 2.05) is 6.20 Å². The zero-order valence-corrected chi connectivity index (χ0v) is 10.9. The first-order chi connectivity index (χ1) is 7.75. The summed E-state index contributed by atoms with van der Waals surface area (Å²) in [5, 5.41) is 3.58. The standard InChI is InChI=1S/C13H9IN2/c1-8-6-9-7-15-13(14)16-12(9)11-5-3-2-4-10(8)11/h2-7H,1H3. The molecule has 3 rings (SSSR count). The van der Waals surface area contributed by atoms with E-state index in [1.54, 1.807) is 0 Å². The van der Waals surface area contributed by atoms with Gasteiger partial charge in [-0.1, -0.05) is 24.3 Å². The predicted molar refractivity (Wildman–Crippen MR) is 74.5 cm³/mol. The van der Waals surface area contributed by atoms with Crippen LogP contribution in [-0.2, 0) is 0 Å². The molecular formula is C13H9IN2. The van der Waals surface area contributed by atoms with Gasteiger partial charge in [0.25, 0.3) is 0 Å². The van der Waals surface area contributed by atoms with Crippen LogP contribution in [-0.4, -0.2) is 9.97 Å². The molecule has 3 heteroatoms. The van der Waals surface area contributed by atoms with Gasteiger partial charge in [-0.2, -0.15) is 0 Å². The van der Waals surface area contributed by atoms with Crippen LogP contribution < -0.4 is 0 Å². The maximum atomic E-state index is 4.52. The van der Waals surface area contributed by atoms with Gasteiger partial charge >= 0.3 is 0 Å². The molecular weight excluding hydrogens is 311 g/mol. The van der Waals surface area contributed by atoms with E-state index in [-0.39, 0.29) is 0 Å². The van der Waals surface area contributed by atoms with Crippen LogP contribution in [0.5, 0.6) is 0 Å². The lowest BCUT2D eigenvalue weighted by Crippen LogP contribution is -1.90. The van der Waals surface area contributed by atoms with Crippen LogP contribution in [0.2, 0.25) is 0 Å². The van der Waals surface area contributed by atoms with Crippen LogP contribution in [0.15, 0.2) is 36.5 Å². The van der Waals surface area contributed by atoms with Crippen molar-refractivity contribution < 1.29 is 0 Å². The topological polar surface area (TPSA) is 25.8 Å². The Morgan fingerprint density at radius 1 is 1.12 bits per heavy atom. The second kappa shape index (κ2) is 3.66. The highest BCUT2D eigenvalue weighted by Gasteiger charge is 2.05. The number of benzene rings is 2. The molecule has 0 radical (unpaired) electrons. The van der Waals surface area contributed by atoms with E-state index >= 15 is 0 Å². The highest BCUT2D eigenvalue weighted by atomic mass is 127. The average molecular weight is 320 g/mol. The van der Waals surface area contributed by atoms with Crippen LogP contribution in [0.1, 0.15) is 5.56 Å². The number of halogens is 1. The Bertz CT molecular complexity index is 692. The van der Waals surface area contributed by atoms with Crippen LogP contribution in [0.3, 0.4) is 0 Å². The third-order valence-electron chi connectivity index (χ3n) is 2.77. The first-order valence-corrected chi connectivity index (χ1v) is 6.14. The summed E-state index contributed by atoms with van der Waals surface area (Å²) in [5.41, 5.74) is 2.31. The number of rotatable bonds is 0. The molecule has 0 bridgehead atoms. The largest absolute Gasteiger partial charge is 0.231 e. The van der Waals surface area contributed by atoms with Gasteiger partial charge in [0.15, 0.2) is 3.83 Å². The molecule has 2 aromatic carbocycles. The van der Waals surface area contributed by atoms with Gasteiger partial charge in [0, 0.05) is 39.6 Å². The second-order valence-corrected chi connectivity index (χ2v) is 4.78. The lowest BCUT2D eigenvalue weighted by atomic mass is 10.0. The van der Waals surface area contributed by atoms with Crippen LogP contribution >= 0.6 is 22.6 Å². The SMILES string of the molecule is Cc1cc2cnc(I)nc2c2ccccc12. The van der Waals surface area contributed by atoms with Gasteiger partial charge in [-0.3, -0.25) is 0 Å². The molecule has 0 unspecified atom stereocenters. The monoisotopic (exact) mass is 320 g/mol. The lowest BCUT2D eigenvalue weighted by molar-refractivity contribution is 1.16. The van der Waals surface area contributed by atoms with E-state index in [0.717, 1.165) is 14.7 Å². The van der Waals surface area contributed by atoms with Gasteiger partial charge in [-0.25, -0.2) is 9.97 Å². The molecule has 0 atom stereocenters. The van der Waals surface area contributed by atoms with Gasteiger partial charge in [0.2, 0.25) is 0 Å². The maximum Gasteiger partial charge on any atom is 0.191 e. The van der Waals surface area contributed by atoms with Crippen LogP contribution in [0.25, 0.3) is 21.7 Å². The molecule has 78 valence electrons. The summed E-state index contributed by atoms with van der Waals surface area (Å²) in [6, 6.07) is 10.5. The summed E-state index contributed by atoms with van der Waals surface area (Å²) in [6.45, 7) is 2.12. The summed E-state index contributed by atoms with van der Waals surface area (Å²) in [4.78, 5) is 8.75. The Balaban J connectivity index is 2.61. The predicted octanol–water partition coefficient (Wildman–Crippen LogP) is 3.70. The maximum absolute atomic E-state index is 4.52. The van der Waals surface area contributed by atoms with Crippen molar-refractivity contribution in [3.63, 3.8) is 0 Å². The smallest absolute Gasteiger partial charge is 0.191 e. The van der Waals surface area contributed by atoms with E-state index in [1.165, 1.54) is 16.3 Å². The quantitative estimate of drug-likeness (QED) is 0.359. The zero-order chi connectivity index (χ0) is 11.1. The van der Waals surface area contributed by atoms with Crippen molar-refractivity contribution in [2.75, 3.05) is 0 Å². The van der Waals surface area contributed by atoms with Crippen molar-refractivity contribution in [1.29, 1.82) is 0 Å². The second-order valence-electron chi connectivity index (χ2n) is 3.82. The number of fused-ring (bicyclic) bond motifs is 3. The molecule has 0 aliphatic carbocycles. The number of nitrogens with zero attached hydrogens (tertiary/aromatic N) is 2. The molecule has 0 spiro atoms. The number of aromatic nitrogens is 2. The molecule has 1 heterocycles. The minimum atomic E-state index is 0.791. The first kappa shape index (κ1) is 9.96. The molecule has 1 aromatic heterocycles. The van der Waals surface area contributed by atoms with Gasteiger partial charge in [-0.15, -0.1) is 0 Å². The summed E-state index contributed by atoms with van der Waals surface area (Å²) in [6.07, 6.45) is 1.89. The third-order valence-corrected chi connectivity index (χ3v) is 3.29. The van der Waals surface area contributed by atoms with Crippen molar-refractivity contribution in [2.45, 2.75) is 6.92 Å². The van der Waals surface area contributed by atoms with Crippen molar-refractivity contribution in [3.05, 3.63) is 45.9 Å².